The second-order valence-corrected chi connectivity index (χ2v) is 3.90. The van der Waals surface area contributed by atoms with Crippen molar-refractivity contribution < 1.29 is 4.74 Å². The molecule has 1 aliphatic rings. The number of nitrogens with zero attached hydrogens (tertiary/aromatic N) is 2. The van der Waals surface area contributed by atoms with Gasteiger partial charge in [-0.2, -0.15) is 0 Å². The number of fused-ring (bicyclic) bond motifs is 1. The first-order chi connectivity index (χ1) is 7.06. The Labute approximate surface area is 91.2 Å². The van der Waals surface area contributed by atoms with Crippen LogP contribution < -0.4 is 20.6 Å². The molecule has 80 valence electrons. The Bertz CT molecular complexity index is 408. The lowest BCUT2D eigenvalue weighted by atomic mass is 9.89. The molecule has 5 heteroatoms. The van der Waals surface area contributed by atoms with Gasteiger partial charge in [0.15, 0.2) is 0 Å². The quantitative estimate of drug-likeness (QED) is 0.647. The van der Waals surface area contributed by atoms with Gasteiger partial charge in [0.05, 0.1) is 12.8 Å². The fourth-order valence-electron chi connectivity index (χ4n) is 1.87. The standard InChI is InChI=1S/C10H16BN3O/c1-6-7(11)5-8(15-4)10-9(6)12-14(3)13(10)2/h5,12H,11H2,1-4H3. The molecule has 1 heterocycles. The highest BCUT2D eigenvalue weighted by atomic mass is 16.5. The van der Waals surface area contributed by atoms with Gasteiger partial charge in [0.25, 0.3) is 0 Å². The first-order valence-electron chi connectivity index (χ1n) is 4.98. The van der Waals surface area contributed by atoms with Crippen molar-refractivity contribution in [3.05, 3.63) is 11.6 Å². The summed E-state index contributed by atoms with van der Waals surface area (Å²) in [6.45, 7) is 2.12. The molecule has 15 heavy (non-hydrogen) atoms. The highest BCUT2D eigenvalue weighted by Crippen LogP contribution is 2.41. The third-order valence-electron chi connectivity index (χ3n) is 3.05. The topological polar surface area (TPSA) is 27.7 Å². The van der Waals surface area contributed by atoms with E-state index in [0.717, 1.165) is 17.1 Å². The molecule has 0 radical (unpaired) electrons. The first-order valence-corrected chi connectivity index (χ1v) is 4.98. The van der Waals surface area contributed by atoms with Crippen LogP contribution in [0.3, 0.4) is 0 Å². The fourth-order valence-corrected chi connectivity index (χ4v) is 1.87. The van der Waals surface area contributed by atoms with E-state index >= 15 is 0 Å². The van der Waals surface area contributed by atoms with Crippen LogP contribution in [0.15, 0.2) is 6.07 Å². The van der Waals surface area contributed by atoms with Gasteiger partial charge in [-0.05, 0) is 18.6 Å². The Kier molecular flexibility index (Phi) is 2.27. The van der Waals surface area contributed by atoms with Crippen LogP contribution in [0.4, 0.5) is 11.4 Å². The summed E-state index contributed by atoms with van der Waals surface area (Å²) in [5.41, 5.74) is 8.05. The SMILES string of the molecule is Bc1cc(OC)c2c(c1C)NN(C)N2C. The van der Waals surface area contributed by atoms with Crippen molar-refractivity contribution in [3.8, 4) is 5.75 Å². The molecule has 0 aliphatic carbocycles. The van der Waals surface area contributed by atoms with Crippen LogP contribution in [0.1, 0.15) is 5.56 Å². The Morgan fingerprint density at radius 2 is 2.07 bits per heavy atom. The van der Waals surface area contributed by atoms with Gasteiger partial charge >= 0.3 is 0 Å². The molecule has 0 bridgehead atoms. The maximum atomic E-state index is 5.40. The van der Waals surface area contributed by atoms with Crippen LogP contribution in [0.2, 0.25) is 0 Å². The molecule has 0 unspecified atom stereocenters. The number of benzene rings is 1. The molecule has 1 aromatic carbocycles. The maximum Gasteiger partial charge on any atom is 0.145 e. The van der Waals surface area contributed by atoms with E-state index in [9.17, 15) is 0 Å². The van der Waals surface area contributed by atoms with Crippen molar-refractivity contribution >= 4 is 24.7 Å². The Balaban J connectivity index is 2.65. The third kappa shape index (κ3) is 1.34. The van der Waals surface area contributed by atoms with Crippen molar-refractivity contribution in [3.63, 3.8) is 0 Å². The lowest BCUT2D eigenvalue weighted by Crippen LogP contribution is -2.34. The Morgan fingerprint density at radius 1 is 1.40 bits per heavy atom. The number of methoxy groups -OCH3 is 1. The predicted molar refractivity (Wildman–Crippen MR) is 65.7 cm³/mol. The number of ether oxygens (including phenoxy) is 1. The van der Waals surface area contributed by atoms with Crippen molar-refractivity contribution in [2.24, 2.45) is 0 Å². The minimum absolute atomic E-state index is 0.910. The van der Waals surface area contributed by atoms with Gasteiger partial charge in [-0.3, -0.25) is 10.4 Å². The molecule has 0 spiro atoms. The fraction of sp³-hybridized carbons (Fsp3) is 0.400. The second kappa shape index (κ2) is 3.34. The van der Waals surface area contributed by atoms with E-state index < -0.39 is 0 Å². The molecule has 0 fully saturated rings. The number of hydrazine groups is 2. The highest BCUT2D eigenvalue weighted by molar-refractivity contribution is 6.34. The minimum atomic E-state index is 0.910. The van der Waals surface area contributed by atoms with Gasteiger partial charge in [-0.25, -0.2) is 0 Å². The normalized spacial score (nSPS) is 15.1. The van der Waals surface area contributed by atoms with Crippen molar-refractivity contribution in [1.82, 2.24) is 5.12 Å². The second-order valence-electron chi connectivity index (χ2n) is 3.90. The van der Waals surface area contributed by atoms with Gasteiger partial charge in [0, 0.05) is 14.1 Å². The average molecular weight is 205 g/mol. The predicted octanol–water partition coefficient (Wildman–Crippen LogP) is -0.114. The monoisotopic (exact) mass is 205 g/mol. The van der Waals surface area contributed by atoms with Crippen LogP contribution in [-0.4, -0.2) is 34.2 Å². The van der Waals surface area contributed by atoms with Crippen LogP contribution in [0.25, 0.3) is 0 Å². The maximum absolute atomic E-state index is 5.40. The van der Waals surface area contributed by atoms with E-state index in [2.05, 4.69) is 26.3 Å². The minimum Gasteiger partial charge on any atom is -0.494 e. The summed E-state index contributed by atoms with van der Waals surface area (Å²) < 4.78 is 5.40. The molecule has 0 amide bonds. The van der Waals surface area contributed by atoms with Gasteiger partial charge < -0.3 is 4.74 Å². The van der Waals surface area contributed by atoms with Crippen molar-refractivity contribution in [2.75, 3.05) is 31.6 Å². The molecular formula is C10H16BN3O. The molecule has 1 aromatic rings. The molecule has 0 aromatic heterocycles. The van der Waals surface area contributed by atoms with E-state index in [1.54, 1.807) is 7.11 Å². The smallest absolute Gasteiger partial charge is 0.145 e. The molecule has 0 saturated heterocycles. The zero-order valence-corrected chi connectivity index (χ0v) is 9.88. The van der Waals surface area contributed by atoms with Crippen LogP contribution in [0, 0.1) is 6.92 Å². The molecule has 1 N–H and O–H groups in total. The summed E-state index contributed by atoms with van der Waals surface area (Å²) in [7, 11) is 7.79. The first kappa shape index (κ1) is 10.2. The lowest BCUT2D eigenvalue weighted by Gasteiger charge is -2.21. The van der Waals surface area contributed by atoms with Crippen LogP contribution in [-0.2, 0) is 0 Å². The number of rotatable bonds is 1. The van der Waals surface area contributed by atoms with Crippen LogP contribution >= 0.6 is 0 Å². The molecule has 1 aliphatic heterocycles. The number of hydrogen-bond acceptors (Lipinski definition) is 4. The molecule has 2 rings (SSSR count). The van der Waals surface area contributed by atoms with Gasteiger partial charge in [0.2, 0.25) is 0 Å². The highest BCUT2D eigenvalue weighted by Gasteiger charge is 2.26. The van der Waals surface area contributed by atoms with Gasteiger partial charge in [0.1, 0.15) is 19.3 Å². The number of hydrogen-bond donors (Lipinski definition) is 1. The van der Waals surface area contributed by atoms with E-state index in [4.69, 9.17) is 4.74 Å². The summed E-state index contributed by atoms with van der Waals surface area (Å²) in [5.74, 6) is 0.910. The largest absolute Gasteiger partial charge is 0.494 e. The summed E-state index contributed by atoms with van der Waals surface area (Å²) in [6.07, 6.45) is 0. The van der Waals surface area contributed by atoms with Gasteiger partial charge in [-0.15, -0.1) is 5.12 Å². The van der Waals surface area contributed by atoms with Crippen molar-refractivity contribution in [2.45, 2.75) is 6.92 Å². The lowest BCUT2D eigenvalue weighted by molar-refractivity contribution is 0.391. The summed E-state index contributed by atoms with van der Waals surface area (Å²) >= 11 is 0. The van der Waals surface area contributed by atoms with E-state index in [1.165, 1.54) is 11.0 Å². The van der Waals surface area contributed by atoms with E-state index in [-0.39, 0.29) is 0 Å². The molecule has 4 nitrogen and oxygen atoms in total. The molecular weight excluding hydrogens is 189 g/mol. The molecule has 0 saturated carbocycles. The summed E-state index contributed by atoms with van der Waals surface area (Å²) in [4.78, 5) is 0. The van der Waals surface area contributed by atoms with E-state index in [1.807, 2.05) is 24.2 Å². The van der Waals surface area contributed by atoms with Gasteiger partial charge in [-0.1, -0.05) is 5.46 Å². The molecule has 0 atom stereocenters. The summed E-state index contributed by atoms with van der Waals surface area (Å²) in [5, 5.41) is 3.99. The number of nitrogens with one attached hydrogen (secondary N) is 1. The zero-order valence-electron chi connectivity index (χ0n) is 9.88. The third-order valence-corrected chi connectivity index (χ3v) is 3.05. The average Bonchev–Trinajstić information content (AvgIpc) is 2.50. The Morgan fingerprint density at radius 3 is 2.67 bits per heavy atom. The summed E-state index contributed by atoms with van der Waals surface area (Å²) in [6, 6.07) is 2.07. The van der Waals surface area contributed by atoms with Crippen LogP contribution in [0.5, 0.6) is 5.75 Å². The van der Waals surface area contributed by atoms with E-state index in [0.29, 0.717) is 0 Å². The van der Waals surface area contributed by atoms with Crippen molar-refractivity contribution in [1.29, 1.82) is 0 Å². The Hall–Kier alpha value is -1.36. The number of anilines is 2. The zero-order chi connectivity index (χ0) is 11.2.